The molecule has 0 spiro atoms. The fourth-order valence-corrected chi connectivity index (χ4v) is 9.82. The Morgan fingerprint density at radius 3 is 2.23 bits per heavy atom. The van der Waals surface area contributed by atoms with Crippen molar-refractivity contribution in [2.24, 2.45) is 0 Å². The minimum absolute atomic E-state index is 0.0268. The highest BCUT2D eigenvalue weighted by atomic mass is 32.1. The zero-order chi connectivity index (χ0) is 39.2. The molecule has 3 heterocycles. The first kappa shape index (κ1) is 40.2. The number of thiophene rings is 1. The number of ether oxygens (including phenoxy) is 3. The molecular weight excluding hydrogens is 733 g/mol. The summed E-state index contributed by atoms with van der Waals surface area (Å²) in [6.45, 7) is 18.8. The van der Waals surface area contributed by atoms with E-state index < -0.39 is 9.04 Å². The number of nitrogens with zero attached hydrogens (tertiary/aromatic N) is 2. The van der Waals surface area contributed by atoms with Gasteiger partial charge in [0.05, 0.1) is 13.7 Å². The van der Waals surface area contributed by atoms with Gasteiger partial charge in [0.15, 0.2) is 5.78 Å². The van der Waals surface area contributed by atoms with Crippen molar-refractivity contribution in [3.8, 4) is 27.7 Å². The van der Waals surface area contributed by atoms with E-state index in [9.17, 15) is 0 Å². The van der Waals surface area contributed by atoms with Gasteiger partial charge in [-0.15, -0.1) is 11.3 Å². The Hall–Kier alpha value is -3.99. The third kappa shape index (κ3) is 9.40. The van der Waals surface area contributed by atoms with Gasteiger partial charge in [-0.25, -0.2) is 0 Å². The van der Waals surface area contributed by atoms with Crippen LogP contribution in [0.3, 0.4) is 0 Å². The lowest BCUT2D eigenvalue weighted by Gasteiger charge is -2.29. The Labute approximate surface area is 339 Å². The van der Waals surface area contributed by atoms with Crippen LogP contribution in [0.25, 0.3) is 20.5 Å². The smallest absolute Gasteiger partial charge is 0.205 e. The summed E-state index contributed by atoms with van der Waals surface area (Å²) in [4.78, 5) is 21.0. The molecule has 4 aromatic carbocycles. The molecule has 0 unspecified atom stereocenters. The van der Waals surface area contributed by atoms with E-state index in [2.05, 4.69) is 86.1 Å². The molecule has 2 fully saturated rings. The van der Waals surface area contributed by atoms with Gasteiger partial charge in [-0.2, -0.15) is 0 Å². The number of carbonyl (C=O) groups is 1. The van der Waals surface area contributed by atoms with Gasteiger partial charge >= 0.3 is 0 Å². The Kier molecular flexibility index (Phi) is 13.0. The minimum atomic E-state index is -1.02. The highest BCUT2D eigenvalue weighted by Crippen LogP contribution is 2.47. The van der Waals surface area contributed by atoms with E-state index in [1.54, 1.807) is 18.4 Å². The summed E-state index contributed by atoms with van der Waals surface area (Å²) >= 11 is 1.65. The fourth-order valence-electron chi connectivity index (χ4n) is 8.10. The molecule has 2 aliphatic rings. The maximum absolute atomic E-state index is 15.1. The molecule has 0 bridgehead atoms. The van der Waals surface area contributed by atoms with Crippen molar-refractivity contribution < 1.29 is 23.4 Å². The van der Waals surface area contributed by atoms with Crippen molar-refractivity contribution in [3.63, 3.8) is 0 Å². The summed E-state index contributed by atoms with van der Waals surface area (Å²) in [6, 6.07) is 26.6. The minimum Gasteiger partial charge on any atom is -0.496 e. The molecule has 7 nitrogen and oxygen atoms in total. The Balaban J connectivity index is 1.34. The molecule has 0 atom stereocenters. The number of fused-ring (bicyclic) bond motifs is 1. The van der Waals surface area contributed by atoms with Gasteiger partial charge in [0.1, 0.15) is 30.5 Å². The maximum atomic E-state index is 15.1. The molecule has 0 saturated carbocycles. The van der Waals surface area contributed by atoms with Crippen molar-refractivity contribution in [2.75, 3.05) is 46.4 Å². The molecule has 7 rings (SSSR count). The average molecular weight is 790 g/mol. The van der Waals surface area contributed by atoms with Crippen molar-refractivity contribution >= 4 is 36.2 Å². The lowest BCUT2D eigenvalue weighted by Crippen LogP contribution is -2.26. The largest absolute Gasteiger partial charge is 0.496 e. The number of likely N-dealkylation sites (tertiary alicyclic amines) is 2. The number of rotatable bonds is 16. The zero-order valence-corrected chi connectivity index (χ0v) is 35.9. The quantitative estimate of drug-likeness (QED) is 0.0729. The Morgan fingerprint density at radius 1 is 0.804 bits per heavy atom. The number of hydrogen-bond acceptors (Lipinski definition) is 8. The summed E-state index contributed by atoms with van der Waals surface area (Å²) < 4.78 is 26.4. The summed E-state index contributed by atoms with van der Waals surface area (Å²) in [5.41, 5.74) is 6.50. The molecule has 0 aliphatic carbocycles. The topological polar surface area (TPSA) is 60.5 Å². The number of hydrogen-bond donors (Lipinski definition) is 0. The molecule has 2 saturated heterocycles. The van der Waals surface area contributed by atoms with E-state index in [0.29, 0.717) is 30.9 Å². The summed E-state index contributed by atoms with van der Waals surface area (Å²) in [7, 11) is 0.676. The highest BCUT2D eigenvalue weighted by Gasteiger charge is 2.30. The van der Waals surface area contributed by atoms with Crippen LogP contribution in [0.1, 0.15) is 84.6 Å². The van der Waals surface area contributed by atoms with Gasteiger partial charge in [0.25, 0.3) is 0 Å². The van der Waals surface area contributed by atoms with Crippen LogP contribution < -0.4 is 14.2 Å². The molecule has 2 aliphatic heterocycles. The first-order chi connectivity index (χ1) is 27.1. The molecule has 1 radical (unpaired) electrons. The molecule has 5 aromatic rings. The van der Waals surface area contributed by atoms with Crippen LogP contribution in [0.4, 0.5) is 0 Å². The number of carbonyl (C=O) groups excluding carboxylic acids is 1. The average Bonchev–Trinajstić information content (AvgIpc) is 3.98. The molecule has 0 amide bonds. The van der Waals surface area contributed by atoms with Crippen LogP contribution >= 0.6 is 11.3 Å². The zero-order valence-electron chi connectivity index (χ0n) is 34.0. The second-order valence-corrected chi connectivity index (χ2v) is 19.5. The second-order valence-electron chi connectivity index (χ2n) is 16.4. The van der Waals surface area contributed by atoms with Gasteiger partial charge in [-0.05, 0) is 123 Å². The third-order valence-corrected chi connectivity index (χ3v) is 12.8. The van der Waals surface area contributed by atoms with Crippen LogP contribution in [-0.4, -0.2) is 71.1 Å². The highest BCUT2D eigenvalue weighted by molar-refractivity contribution is 7.22. The van der Waals surface area contributed by atoms with Gasteiger partial charge in [0, 0.05) is 50.3 Å². The Morgan fingerprint density at radius 2 is 1.54 bits per heavy atom. The van der Waals surface area contributed by atoms with Crippen LogP contribution in [0, 0.1) is 0 Å². The van der Waals surface area contributed by atoms with E-state index >= 15 is 4.79 Å². The summed E-state index contributed by atoms with van der Waals surface area (Å²) in [5.74, 6) is 2.39. The number of benzene rings is 4. The van der Waals surface area contributed by atoms with Crippen LogP contribution in [0.15, 0.2) is 78.9 Å². The SMILES string of the molecule is COc1cc(C(=O)c2c(-c3ccc(OCCN4CCCC4)c(C(C)(C)C)c3CO[Si](C)C)sc3cc(OCc4ccccc4)ccc23)ccc1CN1CCCC1. The van der Waals surface area contributed by atoms with Gasteiger partial charge in [0.2, 0.25) is 9.04 Å². The molecule has 0 N–H and O–H groups in total. The normalized spacial score (nSPS) is 15.3. The predicted molar refractivity (Wildman–Crippen MR) is 231 cm³/mol. The fraction of sp³-hybridized carbons (Fsp3) is 0.426. The molecule has 9 heteroatoms. The lowest BCUT2D eigenvalue weighted by molar-refractivity contribution is 0.104. The lowest BCUT2D eigenvalue weighted by atomic mass is 9.80. The molecule has 56 heavy (non-hydrogen) atoms. The Bertz CT molecular complexity index is 2110. The first-order valence-corrected chi connectivity index (χ1v) is 23.4. The van der Waals surface area contributed by atoms with Crippen LogP contribution in [0.5, 0.6) is 17.2 Å². The molecule has 1 aromatic heterocycles. The van der Waals surface area contributed by atoms with Gasteiger partial charge in [-0.3, -0.25) is 14.6 Å². The summed E-state index contributed by atoms with van der Waals surface area (Å²) in [6.07, 6.45) is 4.96. The van der Waals surface area contributed by atoms with E-state index in [-0.39, 0.29) is 11.2 Å². The first-order valence-electron chi connectivity index (χ1n) is 20.2. The van der Waals surface area contributed by atoms with Crippen molar-refractivity contribution in [3.05, 3.63) is 112 Å². The summed E-state index contributed by atoms with van der Waals surface area (Å²) in [5, 5.41) is 0.910. The standard InChI is InChI=1S/C47H57N2O5SSi/c1-47(2,3)44-39(32-54-56(5)6)37(20-21-40(44)52-27-26-48-22-10-11-23-48)46-43(38-19-18-36(29-42(38)55-46)53-31-33-14-8-7-9-15-33)45(50)34-16-17-35(41(28-34)51-4)30-49-24-12-13-25-49/h7-9,14-21,28-29H,10-13,22-27,30-32H2,1-6H3. The van der Waals surface area contributed by atoms with Gasteiger partial charge in [-0.1, -0.05) is 63.2 Å². The van der Waals surface area contributed by atoms with Crippen molar-refractivity contribution in [1.29, 1.82) is 0 Å². The number of ketones is 1. The van der Waals surface area contributed by atoms with Crippen molar-refractivity contribution in [1.82, 2.24) is 9.80 Å². The second kappa shape index (κ2) is 18.1. The number of methoxy groups -OCH3 is 1. The monoisotopic (exact) mass is 789 g/mol. The van der Waals surface area contributed by atoms with Crippen LogP contribution in [-0.2, 0) is 29.6 Å². The maximum Gasteiger partial charge on any atom is 0.205 e. The molecule has 295 valence electrons. The van der Waals surface area contributed by atoms with E-state index in [0.717, 1.165) is 99.3 Å². The van der Waals surface area contributed by atoms with E-state index in [1.807, 2.05) is 36.4 Å². The van der Waals surface area contributed by atoms with Crippen molar-refractivity contribution in [2.45, 2.75) is 84.7 Å². The van der Waals surface area contributed by atoms with E-state index in [1.165, 1.54) is 25.7 Å². The van der Waals surface area contributed by atoms with E-state index in [4.69, 9.17) is 18.6 Å². The third-order valence-electron chi connectivity index (χ3n) is 10.9. The predicted octanol–water partition coefficient (Wildman–Crippen LogP) is 10.5. The van der Waals surface area contributed by atoms with Crippen LogP contribution in [0.2, 0.25) is 13.1 Å². The van der Waals surface area contributed by atoms with Gasteiger partial charge < -0.3 is 18.6 Å². The molecular formula is C47H57N2O5SSi.